The second-order valence-corrected chi connectivity index (χ2v) is 8.44. The molecule has 4 rings (SSSR count). The number of carbonyl (C=O) groups is 1. The third kappa shape index (κ3) is 5.92. The first-order chi connectivity index (χ1) is 17.0. The molecule has 0 atom stereocenters. The van der Waals surface area contributed by atoms with Crippen LogP contribution in [0, 0.1) is 0 Å². The molecule has 0 aliphatic rings. The molecule has 2 aromatic carbocycles. The minimum absolute atomic E-state index is 0.0687. The molecule has 2 heterocycles. The van der Waals surface area contributed by atoms with Crippen molar-refractivity contribution in [2.45, 2.75) is 46.6 Å². The van der Waals surface area contributed by atoms with Crippen LogP contribution in [0.2, 0.25) is 0 Å². The Labute approximate surface area is 204 Å². The van der Waals surface area contributed by atoms with Crippen molar-refractivity contribution in [3.8, 4) is 11.5 Å². The third-order valence-corrected chi connectivity index (χ3v) is 5.39. The first kappa shape index (κ1) is 24.1. The van der Waals surface area contributed by atoms with Gasteiger partial charge >= 0.3 is 0 Å². The molecule has 0 fully saturated rings. The monoisotopic (exact) mass is 474 g/mol. The number of aromatic nitrogens is 5. The highest BCUT2D eigenvalue weighted by atomic mass is 16.5. The lowest BCUT2D eigenvalue weighted by Gasteiger charge is -2.14. The number of carbonyl (C=O) groups excluding carboxylic acids is 1. The normalized spacial score (nSPS) is 11.1. The Kier molecular flexibility index (Phi) is 7.54. The van der Waals surface area contributed by atoms with E-state index >= 15 is 0 Å². The quantitative estimate of drug-likeness (QED) is 0.334. The van der Waals surface area contributed by atoms with Crippen molar-refractivity contribution in [1.82, 2.24) is 25.0 Å². The van der Waals surface area contributed by atoms with Gasteiger partial charge in [-0.1, -0.05) is 31.2 Å². The molecule has 9 nitrogen and oxygen atoms in total. The zero-order valence-corrected chi connectivity index (χ0v) is 20.5. The number of nitrogens with zero attached hydrogens (tertiary/aromatic N) is 5. The van der Waals surface area contributed by atoms with E-state index < -0.39 is 0 Å². The van der Waals surface area contributed by atoms with Crippen molar-refractivity contribution in [2.75, 3.05) is 18.5 Å². The van der Waals surface area contributed by atoms with Gasteiger partial charge < -0.3 is 14.8 Å². The van der Waals surface area contributed by atoms with Crippen LogP contribution >= 0.6 is 0 Å². The summed E-state index contributed by atoms with van der Waals surface area (Å²) in [6, 6.07) is 11.5. The molecule has 182 valence electrons. The second-order valence-electron chi connectivity index (χ2n) is 8.44. The zero-order chi connectivity index (χ0) is 24.8. The number of benzene rings is 2. The molecule has 2 aromatic heterocycles. The first-order valence-corrected chi connectivity index (χ1v) is 11.8. The number of hydrogen-bond donors (Lipinski definition) is 1. The Bertz CT molecular complexity index is 1300. The summed E-state index contributed by atoms with van der Waals surface area (Å²) in [5.74, 6) is 2.35. The Hall–Kier alpha value is -4.01. The van der Waals surface area contributed by atoms with E-state index in [1.165, 1.54) is 6.33 Å². The molecule has 0 radical (unpaired) electrons. The van der Waals surface area contributed by atoms with Crippen LogP contribution < -0.4 is 14.8 Å². The van der Waals surface area contributed by atoms with Gasteiger partial charge in [-0.15, -0.1) is 5.10 Å². The summed E-state index contributed by atoms with van der Waals surface area (Å²) < 4.78 is 13.1. The molecule has 9 heteroatoms. The van der Waals surface area contributed by atoms with Gasteiger partial charge in [0, 0.05) is 30.4 Å². The average molecular weight is 475 g/mol. The smallest absolute Gasteiger partial charge is 0.158 e. The predicted octanol–water partition coefficient (Wildman–Crippen LogP) is 4.70. The van der Waals surface area contributed by atoms with Gasteiger partial charge in [0.05, 0.1) is 29.8 Å². The lowest BCUT2D eigenvalue weighted by molar-refractivity contribution is -0.119. The van der Waals surface area contributed by atoms with Crippen LogP contribution in [-0.4, -0.2) is 44.0 Å². The molecule has 0 saturated heterocycles. The Balaban J connectivity index is 1.48. The predicted molar refractivity (Wildman–Crippen MR) is 134 cm³/mol. The number of ketones is 1. The van der Waals surface area contributed by atoms with Crippen molar-refractivity contribution < 1.29 is 14.3 Å². The van der Waals surface area contributed by atoms with Crippen molar-refractivity contribution >= 4 is 28.2 Å². The van der Waals surface area contributed by atoms with E-state index in [2.05, 4.69) is 25.6 Å². The first-order valence-electron chi connectivity index (χ1n) is 11.8. The Morgan fingerprint density at radius 3 is 2.51 bits per heavy atom. The fourth-order valence-electron chi connectivity index (χ4n) is 3.71. The largest absolute Gasteiger partial charge is 0.494 e. The van der Waals surface area contributed by atoms with Crippen LogP contribution in [0.25, 0.3) is 10.9 Å². The molecule has 35 heavy (non-hydrogen) atoms. The molecule has 0 amide bonds. The summed E-state index contributed by atoms with van der Waals surface area (Å²) in [6.45, 7) is 9.23. The molecule has 0 aliphatic carbocycles. The number of fused-ring (bicyclic) bond motifs is 1. The topological polar surface area (TPSA) is 104 Å². The van der Waals surface area contributed by atoms with Gasteiger partial charge in [0.25, 0.3) is 0 Å². The van der Waals surface area contributed by atoms with E-state index in [9.17, 15) is 4.79 Å². The van der Waals surface area contributed by atoms with Gasteiger partial charge in [-0.3, -0.25) is 4.79 Å². The van der Waals surface area contributed by atoms with Crippen molar-refractivity contribution in [1.29, 1.82) is 0 Å². The number of Topliss-reactive ketones (excluding diaryl/α,β-unsaturated/α-hetero) is 1. The maximum absolute atomic E-state index is 12.5. The number of nitrogens with one attached hydrogen (secondary N) is 1. The third-order valence-electron chi connectivity index (χ3n) is 5.39. The summed E-state index contributed by atoms with van der Waals surface area (Å²) in [5, 5.41) is 12.3. The van der Waals surface area contributed by atoms with E-state index in [1.54, 1.807) is 4.68 Å². The summed E-state index contributed by atoms with van der Waals surface area (Å²) in [5.41, 5.74) is 3.38. The summed E-state index contributed by atoms with van der Waals surface area (Å²) >= 11 is 0. The molecular weight excluding hydrogens is 444 g/mol. The molecule has 1 N–H and O–H groups in total. The maximum Gasteiger partial charge on any atom is 0.158 e. The molecule has 0 aliphatic heterocycles. The van der Waals surface area contributed by atoms with Crippen LogP contribution in [0.15, 0.2) is 48.9 Å². The zero-order valence-electron chi connectivity index (χ0n) is 20.5. The Morgan fingerprint density at radius 2 is 1.83 bits per heavy atom. The van der Waals surface area contributed by atoms with Crippen LogP contribution in [0.3, 0.4) is 0 Å². The van der Waals surface area contributed by atoms with E-state index in [0.717, 1.165) is 27.8 Å². The minimum atomic E-state index is 0.0687. The molecule has 0 spiro atoms. The van der Waals surface area contributed by atoms with Gasteiger partial charge in [0.2, 0.25) is 0 Å². The highest BCUT2D eigenvalue weighted by Crippen LogP contribution is 2.35. The molecule has 4 aromatic rings. The van der Waals surface area contributed by atoms with Gasteiger partial charge in [-0.25, -0.2) is 14.6 Å². The maximum atomic E-state index is 12.5. The van der Waals surface area contributed by atoms with Gasteiger partial charge in [0.1, 0.15) is 30.2 Å². The fourth-order valence-corrected chi connectivity index (χ4v) is 3.71. The van der Waals surface area contributed by atoms with Crippen LogP contribution in [0.5, 0.6) is 11.5 Å². The number of rotatable bonds is 11. The van der Waals surface area contributed by atoms with E-state index in [-0.39, 0.29) is 18.2 Å². The fraction of sp³-hybridized carbons (Fsp3) is 0.346. The average Bonchev–Trinajstić information content (AvgIpc) is 3.29. The second kappa shape index (κ2) is 10.9. The van der Waals surface area contributed by atoms with E-state index in [1.807, 2.05) is 70.3 Å². The molecular formula is C26H30N6O3. The minimum Gasteiger partial charge on any atom is -0.494 e. The Morgan fingerprint density at radius 1 is 1.06 bits per heavy atom. The SMILES string of the molecule is CCOc1cc(OCC)c2c(Nc3ccc(CC(=O)Cn4cc(C(C)C)nn4)cc3)ncnc2c1. The van der Waals surface area contributed by atoms with Gasteiger partial charge in [0.15, 0.2) is 5.78 Å². The van der Waals surface area contributed by atoms with Crippen molar-refractivity contribution in [2.24, 2.45) is 0 Å². The van der Waals surface area contributed by atoms with Crippen LogP contribution in [-0.2, 0) is 17.8 Å². The van der Waals surface area contributed by atoms with Crippen LogP contribution in [0.1, 0.15) is 44.9 Å². The summed E-state index contributed by atoms with van der Waals surface area (Å²) in [6.07, 6.45) is 3.66. The summed E-state index contributed by atoms with van der Waals surface area (Å²) in [7, 11) is 0. The number of anilines is 2. The lowest BCUT2D eigenvalue weighted by atomic mass is 10.1. The summed E-state index contributed by atoms with van der Waals surface area (Å²) in [4.78, 5) is 21.4. The number of hydrogen-bond acceptors (Lipinski definition) is 8. The highest BCUT2D eigenvalue weighted by Gasteiger charge is 2.14. The van der Waals surface area contributed by atoms with Gasteiger partial charge in [-0.05, 0) is 37.5 Å². The van der Waals surface area contributed by atoms with Crippen molar-refractivity contribution in [3.63, 3.8) is 0 Å². The van der Waals surface area contributed by atoms with Gasteiger partial charge in [-0.2, -0.15) is 0 Å². The van der Waals surface area contributed by atoms with Crippen LogP contribution in [0.4, 0.5) is 11.5 Å². The highest BCUT2D eigenvalue weighted by molar-refractivity contribution is 5.96. The van der Waals surface area contributed by atoms with E-state index in [4.69, 9.17) is 9.47 Å². The molecule has 0 bridgehead atoms. The standard InChI is InChI=1S/C26H30N6O3/c1-5-34-21-12-22-25(24(13-21)35-6-2)26(28-16-27-22)29-19-9-7-18(8-10-19)11-20(33)14-32-15-23(17(3)4)30-31-32/h7-10,12-13,15-17H,5-6,11,14H2,1-4H3,(H,27,28,29). The van der Waals surface area contributed by atoms with E-state index in [0.29, 0.717) is 37.0 Å². The number of ether oxygens (including phenoxy) is 2. The molecule has 0 saturated carbocycles. The molecule has 0 unspecified atom stereocenters. The lowest BCUT2D eigenvalue weighted by Crippen LogP contribution is -2.13. The van der Waals surface area contributed by atoms with Crippen molar-refractivity contribution in [3.05, 3.63) is 60.2 Å².